The lowest BCUT2D eigenvalue weighted by Gasteiger charge is -2.14. The summed E-state index contributed by atoms with van der Waals surface area (Å²) in [5, 5.41) is 2.67. The van der Waals surface area contributed by atoms with E-state index in [1.54, 1.807) is 26.0 Å². The topological polar surface area (TPSA) is 25.2 Å². The Labute approximate surface area is 102 Å². The SMILES string of the molecule is Cc1ccc(C(C)Nc2cc(F)cc(F)c2F)o1. The Balaban J connectivity index is 2.24. The molecule has 0 radical (unpaired) electrons. The zero-order valence-electron chi connectivity index (χ0n) is 9.93. The Morgan fingerprint density at radius 1 is 1.17 bits per heavy atom. The molecule has 0 aliphatic rings. The minimum absolute atomic E-state index is 0.228. The highest BCUT2D eigenvalue weighted by Crippen LogP contribution is 2.25. The van der Waals surface area contributed by atoms with Crippen LogP contribution in [0.3, 0.4) is 0 Å². The lowest BCUT2D eigenvalue weighted by atomic mass is 10.2. The molecule has 1 heterocycles. The summed E-state index contributed by atoms with van der Waals surface area (Å²) in [6.07, 6.45) is 0. The molecule has 1 unspecified atom stereocenters. The van der Waals surface area contributed by atoms with Gasteiger partial charge < -0.3 is 9.73 Å². The quantitative estimate of drug-likeness (QED) is 0.832. The van der Waals surface area contributed by atoms with Gasteiger partial charge in [0.05, 0.1) is 11.7 Å². The molecule has 5 heteroatoms. The van der Waals surface area contributed by atoms with Crippen molar-refractivity contribution < 1.29 is 17.6 Å². The van der Waals surface area contributed by atoms with Crippen molar-refractivity contribution in [1.82, 2.24) is 0 Å². The van der Waals surface area contributed by atoms with Crippen LogP contribution in [0.4, 0.5) is 18.9 Å². The van der Waals surface area contributed by atoms with Crippen molar-refractivity contribution in [2.45, 2.75) is 19.9 Å². The van der Waals surface area contributed by atoms with Crippen LogP contribution in [0.25, 0.3) is 0 Å². The van der Waals surface area contributed by atoms with Crippen LogP contribution in [0, 0.1) is 24.4 Å². The lowest BCUT2D eigenvalue weighted by molar-refractivity contribution is 0.463. The minimum atomic E-state index is -1.22. The van der Waals surface area contributed by atoms with Gasteiger partial charge >= 0.3 is 0 Å². The Kier molecular flexibility index (Phi) is 3.32. The molecule has 0 aliphatic carbocycles. The summed E-state index contributed by atoms with van der Waals surface area (Å²) in [7, 11) is 0. The van der Waals surface area contributed by atoms with Gasteiger partial charge in [-0.1, -0.05) is 0 Å². The molecule has 0 aliphatic heterocycles. The van der Waals surface area contributed by atoms with Crippen molar-refractivity contribution in [2.24, 2.45) is 0 Å². The number of aryl methyl sites for hydroxylation is 1. The third-order valence-electron chi connectivity index (χ3n) is 2.55. The van der Waals surface area contributed by atoms with Gasteiger partial charge in [0.2, 0.25) is 0 Å². The summed E-state index contributed by atoms with van der Waals surface area (Å²) in [6, 6.07) is 4.50. The van der Waals surface area contributed by atoms with E-state index in [0.29, 0.717) is 17.6 Å². The standard InChI is InChI=1S/C13H12F3NO/c1-7-3-4-12(18-7)8(2)17-11-6-9(14)5-10(15)13(11)16/h3-6,8,17H,1-2H3. The fourth-order valence-electron chi connectivity index (χ4n) is 1.65. The number of hydrogen-bond donors (Lipinski definition) is 1. The van der Waals surface area contributed by atoms with Gasteiger partial charge in [-0.05, 0) is 26.0 Å². The van der Waals surface area contributed by atoms with Gasteiger partial charge in [-0.3, -0.25) is 0 Å². The molecule has 96 valence electrons. The lowest BCUT2D eigenvalue weighted by Crippen LogP contribution is -2.08. The number of rotatable bonds is 3. The smallest absolute Gasteiger partial charge is 0.182 e. The van der Waals surface area contributed by atoms with Crippen LogP contribution in [0.15, 0.2) is 28.7 Å². The molecule has 1 N–H and O–H groups in total. The number of nitrogens with one attached hydrogen (secondary N) is 1. The van der Waals surface area contributed by atoms with Crippen LogP contribution in [0.2, 0.25) is 0 Å². The average Bonchev–Trinajstić information content (AvgIpc) is 2.72. The van der Waals surface area contributed by atoms with Crippen LogP contribution in [0.1, 0.15) is 24.5 Å². The van der Waals surface area contributed by atoms with E-state index in [4.69, 9.17) is 4.42 Å². The van der Waals surface area contributed by atoms with Crippen molar-refractivity contribution in [3.63, 3.8) is 0 Å². The van der Waals surface area contributed by atoms with E-state index in [-0.39, 0.29) is 5.69 Å². The van der Waals surface area contributed by atoms with Crippen LogP contribution >= 0.6 is 0 Å². The van der Waals surface area contributed by atoms with Crippen molar-refractivity contribution >= 4 is 5.69 Å². The Morgan fingerprint density at radius 3 is 2.50 bits per heavy atom. The number of benzene rings is 1. The van der Waals surface area contributed by atoms with Crippen LogP contribution in [0.5, 0.6) is 0 Å². The molecule has 2 nitrogen and oxygen atoms in total. The number of hydrogen-bond acceptors (Lipinski definition) is 2. The molecular weight excluding hydrogens is 243 g/mol. The molecule has 0 fully saturated rings. The van der Waals surface area contributed by atoms with E-state index in [1.807, 2.05) is 0 Å². The monoisotopic (exact) mass is 255 g/mol. The van der Waals surface area contributed by atoms with E-state index < -0.39 is 23.5 Å². The molecule has 1 atom stereocenters. The van der Waals surface area contributed by atoms with Gasteiger partial charge in [0.15, 0.2) is 11.6 Å². The molecule has 0 amide bonds. The first-order valence-corrected chi connectivity index (χ1v) is 5.45. The summed E-state index contributed by atoms with van der Waals surface area (Å²) < 4.78 is 44.8. The molecular formula is C13H12F3NO. The summed E-state index contributed by atoms with van der Waals surface area (Å²) in [4.78, 5) is 0. The second-order valence-electron chi connectivity index (χ2n) is 4.06. The van der Waals surface area contributed by atoms with Crippen molar-refractivity contribution in [3.8, 4) is 0 Å². The van der Waals surface area contributed by atoms with Gasteiger partial charge in [0, 0.05) is 12.1 Å². The predicted molar refractivity (Wildman–Crippen MR) is 61.8 cm³/mol. The van der Waals surface area contributed by atoms with Gasteiger partial charge in [0.1, 0.15) is 17.3 Å². The fourth-order valence-corrected chi connectivity index (χ4v) is 1.65. The largest absolute Gasteiger partial charge is 0.464 e. The Hall–Kier alpha value is -1.91. The maximum Gasteiger partial charge on any atom is 0.182 e. The Morgan fingerprint density at radius 2 is 1.89 bits per heavy atom. The van der Waals surface area contributed by atoms with Crippen LogP contribution < -0.4 is 5.32 Å². The first-order valence-electron chi connectivity index (χ1n) is 5.45. The maximum absolute atomic E-state index is 13.4. The first kappa shape index (κ1) is 12.5. The van der Waals surface area contributed by atoms with Crippen LogP contribution in [-0.4, -0.2) is 0 Å². The molecule has 0 spiro atoms. The first-order chi connectivity index (χ1) is 8.47. The van der Waals surface area contributed by atoms with E-state index in [0.717, 1.165) is 6.07 Å². The predicted octanol–water partition coefficient (Wildman–Crippen LogP) is 4.18. The van der Waals surface area contributed by atoms with Gasteiger partial charge in [-0.2, -0.15) is 0 Å². The Bertz CT molecular complexity index is 565. The number of halogens is 3. The third-order valence-corrected chi connectivity index (χ3v) is 2.55. The zero-order chi connectivity index (χ0) is 13.3. The van der Waals surface area contributed by atoms with Gasteiger partial charge in [0.25, 0.3) is 0 Å². The highest BCUT2D eigenvalue weighted by atomic mass is 19.2. The molecule has 2 aromatic rings. The summed E-state index contributed by atoms with van der Waals surface area (Å²) >= 11 is 0. The maximum atomic E-state index is 13.4. The molecule has 1 aromatic heterocycles. The molecule has 1 aromatic carbocycles. The number of furan rings is 1. The van der Waals surface area contributed by atoms with Crippen molar-refractivity contribution in [1.29, 1.82) is 0 Å². The summed E-state index contributed by atoms with van der Waals surface area (Å²) in [5.41, 5.74) is -0.228. The highest BCUT2D eigenvalue weighted by molar-refractivity contribution is 5.47. The van der Waals surface area contributed by atoms with E-state index in [9.17, 15) is 13.2 Å². The molecule has 0 bridgehead atoms. The minimum Gasteiger partial charge on any atom is -0.464 e. The van der Waals surface area contributed by atoms with E-state index >= 15 is 0 Å². The molecule has 0 saturated heterocycles. The highest BCUT2D eigenvalue weighted by Gasteiger charge is 2.15. The van der Waals surface area contributed by atoms with Crippen molar-refractivity contribution in [3.05, 3.63) is 53.2 Å². The molecule has 2 rings (SSSR count). The molecule has 0 saturated carbocycles. The van der Waals surface area contributed by atoms with E-state index in [2.05, 4.69) is 5.32 Å². The van der Waals surface area contributed by atoms with Crippen LogP contribution in [-0.2, 0) is 0 Å². The van der Waals surface area contributed by atoms with E-state index in [1.165, 1.54) is 0 Å². The number of anilines is 1. The summed E-state index contributed by atoms with van der Waals surface area (Å²) in [5.74, 6) is -1.88. The van der Waals surface area contributed by atoms with Gasteiger partial charge in [-0.25, -0.2) is 13.2 Å². The normalized spacial score (nSPS) is 12.5. The van der Waals surface area contributed by atoms with Crippen molar-refractivity contribution in [2.75, 3.05) is 5.32 Å². The second-order valence-corrected chi connectivity index (χ2v) is 4.06. The van der Waals surface area contributed by atoms with Gasteiger partial charge in [-0.15, -0.1) is 0 Å². The summed E-state index contributed by atoms with van der Waals surface area (Å²) in [6.45, 7) is 3.49. The second kappa shape index (κ2) is 4.76. The third kappa shape index (κ3) is 2.50. The average molecular weight is 255 g/mol. The molecule has 18 heavy (non-hydrogen) atoms. The zero-order valence-corrected chi connectivity index (χ0v) is 9.93. The fraction of sp³-hybridized carbons (Fsp3) is 0.231.